The van der Waals surface area contributed by atoms with Crippen LogP contribution in [-0.4, -0.2) is 73.1 Å². The summed E-state index contributed by atoms with van der Waals surface area (Å²) in [7, 11) is 1.88. The van der Waals surface area contributed by atoms with Gasteiger partial charge in [0.05, 0.1) is 11.9 Å². The number of nitrogens with zero attached hydrogens (tertiary/aromatic N) is 7. The molecule has 0 aliphatic carbocycles. The SMILES string of the molecule is CC[C@](O)(c1ccc(F)cc1)c1cnc(N2CCN(/C(=N/C=N)c3cc(-c4cnn(C)c4)c[nH]3)CC2)nc1. The number of aromatic amines is 1. The van der Waals surface area contributed by atoms with Crippen molar-refractivity contribution in [2.75, 3.05) is 31.1 Å². The number of aromatic nitrogens is 5. The van der Waals surface area contributed by atoms with Crippen LogP contribution in [0.2, 0.25) is 0 Å². The Kier molecular flexibility index (Phi) is 7.01. The van der Waals surface area contributed by atoms with Crippen molar-refractivity contribution in [2.45, 2.75) is 18.9 Å². The summed E-state index contributed by atoms with van der Waals surface area (Å²) < 4.78 is 15.1. The molecule has 1 aliphatic rings. The van der Waals surface area contributed by atoms with E-state index in [1.54, 1.807) is 29.2 Å². The van der Waals surface area contributed by atoms with Gasteiger partial charge in [0.2, 0.25) is 5.95 Å². The summed E-state index contributed by atoms with van der Waals surface area (Å²) in [5.41, 5.74) is 2.70. The van der Waals surface area contributed by atoms with Crippen LogP contribution in [0.5, 0.6) is 0 Å². The average Bonchev–Trinajstić information content (AvgIpc) is 3.61. The number of anilines is 1. The van der Waals surface area contributed by atoms with Crippen LogP contribution < -0.4 is 4.90 Å². The summed E-state index contributed by atoms with van der Waals surface area (Å²) in [6.07, 6.45) is 10.4. The van der Waals surface area contributed by atoms with Gasteiger partial charge in [0, 0.05) is 74.7 Å². The molecule has 0 unspecified atom stereocenters. The van der Waals surface area contributed by atoms with Gasteiger partial charge in [-0.3, -0.25) is 10.1 Å². The van der Waals surface area contributed by atoms with Gasteiger partial charge in [0.25, 0.3) is 0 Å². The Morgan fingerprint density at radius 2 is 1.82 bits per heavy atom. The first-order valence-electron chi connectivity index (χ1n) is 12.5. The number of rotatable bonds is 7. The number of hydrogen-bond donors (Lipinski definition) is 3. The predicted molar refractivity (Wildman–Crippen MR) is 144 cm³/mol. The Hall–Kier alpha value is -4.38. The summed E-state index contributed by atoms with van der Waals surface area (Å²) >= 11 is 0. The van der Waals surface area contributed by atoms with E-state index >= 15 is 0 Å². The summed E-state index contributed by atoms with van der Waals surface area (Å²) in [6, 6.07) is 7.87. The van der Waals surface area contributed by atoms with Crippen LogP contribution in [-0.2, 0) is 12.6 Å². The first kappa shape index (κ1) is 25.3. The molecule has 38 heavy (non-hydrogen) atoms. The highest BCUT2D eigenvalue weighted by Crippen LogP contribution is 2.32. The highest BCUT2D eigenvalue weighted by atomic mass is 19.1. The molecule has 11 heteroatoms. The molecule has 0 radical (unpaired) electrons. The molecule has 0 amide bonds. The molecule has 1 atom stereocenters. The molecule has 3 aromatic heterocycles. The maximum absolute atomic E-state index is 13.4. The quantitative estimate of drug-likeness (QED) is 0.257. The predicted octanol–water partition coefficient (Wildman–Crippen LogP) is 3.17. The lowest BCUT2D eigenvalue weighted by Gasteiger charge is -2.36. The van der Waals surface area contributed by atoms with Gasteiger partial charge in [-0.05, 0) is 30.2 Å². The molecular formula is C27H30FN9O. The summed E-state index contributed by atoms with van der Waals surface area (Å²) in [6.45, 7) is 4.56. The van der Waals surface area contributed by atoms with Crippen molar-refractivity contribution in [3.8, 4) is 11.1 Å². The lowest BCUT2D eigenvalue weighted by atomic mass is 9.86. The molecule has 196 valence electrons. The number of aliphatic imine (C=N–C) groups is 1. The molecule has 0 spiro atoms. The Balaban J connectivity index is 1.27. The minimum atomic E-state index is -1.30. The van der Waals surface area contributed by atoms with Gasteiger partial charge in [-0.1, -0.05) is 19.1 Å². The van der Waals surface area contributed by atoms with Crippen molar-refractivity contribution in [2.24, 2.45) is 12.0 Å². The van der Waals surface area contributed by atoms with Crippen molar-refractivity contribution in [1.29, 1.82) is 5.41 Å². The fourth-order valence-electron chi connectivity index (χ4n) is 4.76. The number of halogens is 1. The molecule has 1 aromatic carbocycles. The van der Waals surface area contributed by atoms with Crippen molar-refractivity contribution in [3.05, 3.63) is 84.0 Å². The van der Waals surface area contributed by atoms with Crippen LogP contribution in [0.1, 0.15) is 30.2 Å². The molecule has 1 saturated heterocycles. The van der Waals surface area contributed by atoms with Crippen LogP contribution in [0.15, 0.2) is 66.3 Å². The first-order chi connectivity index (χ1) is 18.4. The van der Waals surface area contributed by atoms with Crippen molar-refractivity contribution >= 4 is 18.1 Å². The lowest BCUT2D eigenvalue weighted by molar-refractivity contribution is 0.0757. The zero-order valence-corrected chi connectivity index (χ0v) is 21.3. The van der Waals surface area contributed by atoms with Crippen molar-refractivity contribution < 1.29 is 9.50 Å². The molecule has 1 fully saturated rings. The molecule has 3 N–H and O–H groups in total. The van der Waals surface area contributed by atoms with Crippen molar-refractivity contribution in [1.82, 2.24) is 29.6 Å². The van der Waals surface area contributed by atoms with Crippen LogP contribution >= 0.6 is 0 Å². The number of H-pyrrole nitrogens is 1. The van der Waals surface area contributed by atoms with Gasteiger partial charge in [0.15, 0.2) is 5.84 Å². The molecule has 1 aliphatic heterocycles. The van der Waals surface area contributed by atoms with E-state index in [0.29, 0.717) is 55.5 Å². The zero-order chi connectivity index (χ0) is 26.7. The summed E-state index contributed by atoms with van der Waals surface area (Å²) in [5, 5.41) is 23.1. The van der Waals surface area contributed by atoms with E-state index in [1.807, 2.05) is 38.6 Å². The third kappa shape index (κ3) is 4.92. The highest BCUT2D eigenvalue weighted by Gasteiger charge is 2.31. The standard InChI is InChI=1S/C27H30FN9O/c1-3-27(38,21-4-6-23(28)7-5-21)22-15-31-26(32-16-22)37-10-8-36(9-11-37)25(33-18-29)24-12-19(13-30-24)20-14-34-35(2)17-20/h4-7,12-18,29-30,38H,3,8-11H2,1-2H3/b29-18?,33-25+/t27-/m0/s1. The normalized spacial score (nSPS) is 15.9. The Bertz CT molecular complexity index is 1420. The number of nitrogens with one attached hydrogen (secondary N) is 2. The molecule has 10 nitrogen and oxygen atoms in total. The van der Waals surface area contributed by atoms with Gasteiger partial charge in [0.1, 0.15) is 17.8 Å². The van der Waals surface area contributed by atoms with Gasteiger partial charge < -0.3 is 19.9 Å². The highest BCUT2D eigenvalue weighted by molar-refractivity contribution is 6.01. The number of benzene rings is 1. The molecule has 4 aromatic rings. The van der Waals surface area contributed by atoms with Gasteiger partial charge in [-0.2, -0.15) is 5.10 Å². The number of aryl methyl sites for hydroxylation is 1. The molecule has 4 heterocycles. The van der Waals surface area contributed by atoms with Gasteiger partial charge in [-0.25, -0.2) is 19.4 Å². The van der Waals surface area contributed by atoms with Gasteiger partial charge >= 0.3 is 0 Å². The van der Waals surface area contributed by atoms with E-state index in [4.69, 9.17) is 5.41 Å². The zero-order valence-electron chi connectivity index (χ0n) is 21.3. The summed E-state index contributed by atoms with van der Waals surface area (Å²) in [5.74, 6) is 0.936. The van der Waals surface area contributed by atoms with Crippen LogP contribution in [0.3, 0.4) is 0 Å². The Labute approximate surface area is 220 Å². The number of aliphatic hydroxyl groups is 1. The van der Waals surface area contributed by atoms with E-state index in [2.05, 4.69) is 34.8 Å². The van der Waals surface area contributed by atoms with E-state index in [-0.39, 0.29) is 5.82 Å². The fraction of sp³-hybridized carbons (Fsp3) is 0.296. The molecule has 0 bridgehead atoms. The lowest BCUT2D eigenvalue weighted by Crippen LogP contribution is -2.49. The fourth-order valence-corrected chi connectivity index (χ4v) is 4.76. The Morgan fingerprint density at radius 1 is 1.11 bits per heavy atom. The van der Waals surface area contributed by atoms with Gasteiger partial charge in [-0.15, -0.1) is 0 Å². The number of hydrogen-bond acceptors (Lipinski definition) is 6. The monoisotopic (exact) mass is 515 g/mol. The van der Waals surface area contributed by atoms with E-state index in [1.165, 1.54) is 12.1 Å². The van der Waals surface area contributed by atoms with E-state index in [9.17, 15) is 9.50 Å². The van der Waals surface area contributed by atoms with Crippen LogP contribution in [0, 0.1) is 11.2 Å². The van der Waals surface area contributed by atoms with Crippen molar-refractivity contribution in [3.63, 3.8) is 0 Å². The average molecular weight is 516 g/mol. The van der Waals surface area contributed by atoms with Crippen LogP contribution in [0.4, 0.5) is 10.3 Å². The number of piperazine rings is 1. The summed E-state index contributed by atoms with van der Waals surface area (Å²) in [4.78, 5) is 20.9. The maximum Gasteiger partial charge on any atom is 0.225 e. The van der Waals surface area contributed by atoms with E-state index in [0.717, 1.165) is 23.2 Å². The first-order valence-corrected chi connectivity index (χ1v) is 12.5. The minimum Gasteiger partial charge on any atom is -0.380 e. The topological polar surface area (TPSA) is 122 Å². The molecule has 0 saturated carbocycles. The second kappa shape index (κ2) is 10.5. The smallest absolute Gasteiger partial charge is 0.225 e. The second-order valence-corrected chi connectivity index (χ2v) is 9.25. The second-order valence-electron chi connectivity index (χ2n) is 9.25. The largest absolute Gasteiger partial charge is 0.380 e. The maximum atomic E-state index is 13.4. The third-order valence-electron chi connectivity index (χ3n) is 6.96. The molecular weight excluding hydrogens is 485 g/mol. The van der Waals surface area contributed by atoms with E-state index < -0.39 is 5.60 Å². The molecule has 5 rings (SSSR count). The number of amidine groups is 1. The minimum absolute atomic E-state index is 0.350. The van der Waals surface area contributed by atoms with Crippen LogP contribution in [0.25, 0.3) is 11.1 Å². The Morgan fingerprint density at radius 3 is 2.42 bits per heavy atom. The third-order valence-corrected chi connectivity index (χ3v) is 6.96.